The number of pyridine rings is 1. The summed E-state index contributed by atoms with van der Waals surface area (Å²) in [5.41, 5.74) is 0.453. The summed E-state index contributed by atoms with van der Waals surface area (Å²) in [6.07, 6.45) is 2.08. The lowest BCUT2D eigenvalue weighted by molar-refractivity contribution is 0.112. The van der Waals surface area contributed by atoms with Gasteiger partial charge in [0, 0.05) is 22.7 Å². The molecule has 0 amide bonds. The molecule has 86 valence electrons. The fraction of sp³-hybridized carbons (Fsp3) is 0. The Morgan fingerprint density at radius 2 is 2.00 bits per heavy atom. The second kappa shape index (κ2) is 5.05. The lowest BCUT2D eigenvalue weighted by atomic mass is 10.3. The van der Waals surface area contributed by atoms with E-state index in [4.69, 9.17) is 0 Å². The topological polar surface area (TPSA) is 30.0 Å². The number of rotatable bonds is 3. The van der Waals surface area contributed by atoms with Crippen molar-refractivity contribution < 1.29 is 13.6 Å². The van der Waals surface area contributed by atoms with Crippen LogP contribution in [0.25, 0.3) is 0 Å². The van der Waals surface area contributed by atoms with Crippen LogP contribution in [0.1, 0.15) is 10.4 Å². The van der Waals surface area contributed by atoms with Crippen molar-refractivity contribution in [2.75, 3.05) is 0 Å². The van der Waals surface area contributed by atoms with Gasteiger partial charge in [-0.25, -0.2) is 13.8 Å². The average molecular weight is 251 g/mol. The monoisotopic (exact) mass is 251 g/mol. The van der Waals surface area contributed by atoms with Gasteiger partial charge < -0.3 is 0 Å². The summed E-state index contributed by atoms with van der Waals surface area (Å²) in [4.78, 5) is 14.7. The Morgan fingerprint density at radius 1 is 1.18 bits per heavy atom. The van der Waals surface area contributed by atoms with Crippen LogP contribution in [-0.2, 0) is 0 Å². The summed E-state index contributed by atoms with van der Waals surface area (Å²) in [6, 6.07) is 6.55. The van der Waals surface area contributed by atoms with E-state index in [0.717, 1.165) is 17.8 Å². The van der Waals surface area contributed by atoms with Gasteiger partial charge >= 0.3 is 0 Å². The molecule has 0 aliphatic carbocycles. The molecule has 17 heavy (non-hydrogen) atoms. The zero-order chi connectivity index (χ0) is 12.3. The van der Waals surface area contributed by atoms with Crippen molar-refractivity contribution in [3.8, 4) is 0 Å². The molecule has 0 aliphatic heterocycles. The van der Waals surface area contributed by atoms with Gasteiger partial charge in [-0.3, -0.25) is 4.79 Å². The van der Waals surface area contributed by atoms with Gasteiger partial charge in [0.25, 0.3) is 0 Å². The van der Waals surface area contributed by atoms with E-state index in [9.17, 15) is 13.6 Å². The van der Waals surface area contributed by atoms with Crippen LogP contribution in [0, 0.1) is 11.6 Å². The van der Waals surface area contributed by atoms with Gasteiger partial charge in [-0.05, 0) is 24.3 Å². The van der Waals surface area contributed by atoms with Gasteiger partial charge in [0.2, 0.25) is 0 Å². The van der Waals surface area contributed by atoms with Crippen molar-refractivity contribution >= 4 is 18.0 Å². The highest BCUT2D eigenvalue weighted by molar-refractivity contribution is 7.99. The molecule has 2 nitrogen and oxygen atoms in total. The van der Waals surface area contributed by atoms with E-state index in [1.165, 1.54) is 18.3 Å². The lowest BCUT2D eigenvalue weighted by Gasteiger charge is -2.02. The van der Waals surface area contributed by atoms with E-state index in [-0.39, 0.29) is 4.90 Å². The van der Waals surface area contributed by atoms with Gasteiger partial charge in [0.15, 0.2) is 6.29 Å². The van der Waals surface area contributed by atoms with Crippen molar-refractivity contribution in [1.82, 2.24) is 4.98 Å². The molecule has 0 unspecified atom stereocenters. The predicted molar refractivity (Wildman–Crippen MR) is 60.1 cm³/mol. The Labute approximate surface area is 101 Å². The Hall–Kier alpha value is -1.75. The lowest BCUT2D eigenvalue weighted by Crippen LogP contribution is -1.87. The smallest absolute Gasteiger partial charge is 0.151 e. The van der Waals surface area contributed by atoms with Crippen LogP contribution < -0.4 is 0 Å². The highest BCUT2D eigenvalue weighted by Gasteiger charge is 2.06. The van der Waals surface area contributed by atoms with Crippen molar-refractivity contribution in [2.45, 2.75) is 9.92 Å². The first-order valence-electron chi connectivity index (χ1n) is 4.73. The third-order valence-corrected chi connectivity index (χ3v) is 3.01. The zero-order valence-corrected chi connectivity index (χ0v) is 9.38. The molecule has 0 fully saturated rings. The minimum Gasteiger partial charge on any atom is -0.298 e. The second-order valence-corrected chi connectivity index (χ2v) is 4.29. The SMILES string of the molecule is O=Cc1ccc(Sc2ccc(F)cc2F)nc1. The maximum absolute atomic E-state index is 13.3. The number of benzene rings is 1. The molecule has 0 saturated heterocycles. The summed E-state index contributed by atoms with van der Waals surface area (Å²) in [6.45, 7) is 0. The zero-order valence-electron chi connectivity index (χ0n) is 8.56. The van der Waals surface area contributed by atoms with Gasteiger partial charge in [0.1, 0.15) is 16.7 Å². The molecule has 1 heterocycles. The largest absolute Gasteiger partial charge is 0.298 e. The predicted octanol–water partition coefficient (Wildman–Crippen LogP) is 3.32. The fourth-order valence-electron chi connectivity index (χ4n) is 1.19. The first kappa shape index (κ1) is 11.7. The fourth-order valence-corrected chi connectivity index (χ4v) is 1.95. The Kier molecular flexibility index (Phi) is 3.49. The Morgan fingerprint density at radius 3 is 2.59 bits per heavy atom. The van der Waals surface area contributed by atoms with Crippen molar-refractivity contribution in [3.63, 3.8) is 0 Å². The maximum atomic E-state index is 13.3. The number of carbonyl (C=O) groups excluding carboxylic acids is 1. The number of hydrogen-bond donors (Lipinski definition) is 0. The Balaban J connectivity index is 2.22. The summed E-state index contributed by atoms with van der Waals surface area (Å²) in [5.74, 6) is -1.24. The minimum absolute atomic E-state index is 0.290. The highest BCUT2D eigenvalue weighted by atomic mass is 32.2. The quantitative estimate of drug-likeness (QED) is 0.784. The maximum Gasteiger partial charge on any atom is 0.151 e. The summed E-state index contributed by atoms with van der Waals surface area (Å²) < 4.78 is 26.0. The van der Waals surface area contributed by atoms with Gasteiger partial charge in [0.05, 0.1) is 0 Å². The van der Waals surface area contributed by atoms with E-state index < -0.39 is 11.6 Å². The molecule has 5 heteroatoms. The van der Waals surface area contributed by atoms with Crippen LogP contribution in [0.4, 0.5) is 8.78 Å². The van der Waals surface area contributed by atoms with E-state index in [2.05, 4.69) is 4.98 Å². The van der Waals surface area contributed by atoms with Crippen LogP contribution in [0.5, 0.6) is 0 Å². The van der Waals surface area contributed by atoms with Crippen LogP contribution >= 0.6 is 11.8 Å². The Bertz CT molecular complexity index is 543. The van der Waals surface area contributed by atoms with E-state index in [1.807, 2.05) is 0 Å². The molecule has 1 aromatic carbocycles. The summed E-state index contributed by atoms with van der Waals surface area (Å²) >= 11 is 1.07. The molecule has 2 aromatic rings. The molecule has 2 rings (SSSR count). The molecule has 1 aromatic heterocycles. The summed E-state index contributed by atoms with van der Waals surface area (Å²) in [5, 5.41) is 0.543. The highest BCUT2D eigenvalue weighted by Crippen LogP contribution is 2.28. The molecule has 0 radical (unpaired) electrons. The molecule has 0 atom stereocenters. The van der Waals surface area contributed by atoms with Crippen LogP contribution in [-0.4, -0.2) is 11.3 Å². The average Bonchev–Trinajstić information content (AvgIpc) is 2.34. The van der Waals surface area contributed by atoms with Crippen LogP contribution in [0.2, 0.25) is 0 Å². The van der Waals surface area contributed by atoms with Gasteiger partial charge in [-0.1, -0.05) is 11.8 Å². The number of hydrogen-bond acceptors (Lipinski definition) is 3. The number of aromatic nitrogens is 1. The van der Waals surface area contributed by atoms with Crippen molar-refractivity contribution in [1.29, 1.82) is 0 Å². The van der Waals surface area contributed by atoms with Crippen LogP contribution in [0.3, 0.4) is 0 Å². The first-order valence-corrected chi connectivity index (χ1v) is 5.55. The molecule has 0 bridgehead atoms. The molecule has 0 N–H and O–H groups in total. The second-order valence-electron chi connectivity index (χ2n) is 3.22. The third kappa shape index (κ3) is 2.88. The standard InChI is InChI=1S/C12H7F2NOS/c13-9-2-3-11(10(14)5-9)17-12-4-1-8(7-16)6-15-12/h1-7H. The number of carbonyl (C=O) groups is 1. The number of nitrogens with zero attached hydrogens (tertiary/aromatic N) is 1. The molecule has 0 aliphatic rings. The summed E-state index contributed by atoms with van der Waals surface area (Å²) in [7, 11) is 0. The van der Waals surface area contributed by atoms with Gasteiger partial charge in [-0.15, -0.1) is 0 Å². The van der Waals surface area contributed by atoms with E-state index in [0.29, 0.717) is 16.9 Å². The van der Waals surface area contributed by atoms with E-state index in [1.54, 1.807) is 12.1 Å². The van der Waals surface area contributed by atoms with Gasteiger partial charge in [-0.2, -0.15) is 0 Å². The molecular formula is C12H7F2NOS. The number of aldehydes is 1. The third-order valence-electron chi connectivity index (χ3n) is 2.00. The normalized spacial score (nSPS) is 10.2. The van der Waals surface area contributed by atoms with Crippen molar-refractivity contribution in [3.05, 3.63) is 53.7 Å². The molecular weight excluding hydrogens is 244 g/mol. The molecule has 0 saturated carbocycles. The first-order chi connectivity index (χ1) is 8.19. The number of halogens is 2. The van der Waals surface area contributed by atoms with E-state index >= 15 is 0 Å². The van der Waals surface area contributed by atoms with Crippen LogP contribution in [0.15, 0.2) is 46.5 Å². The minimum atomic E-state index is -0.628. The molecule has 0 spiro atoms. The van der Waals surface area contributed by atoms with Crippen molar-refractivity contribution in [2.24, 2.45) is 0 Å².